The molecule has 0 bridgehead atoms. The quantitative estimate of drug-likeness (QED) is 0.829. The average molecular weight is 352 g/mol. The molecular formula is C21H24N2O3. The van der Waals surface area contributed by atoms with E-state index >= 15 is 0 Å². The van der Waals surface area contributed by atoms with Crippen molar-refractivity contribution in [3.05, 3.63) is 71.8 Å². The number of ether oxygens (including phenoxy) is 1. The summed E-state index contributed by atoms with van der Waals surface area (Å²) in [6.07, 6.45) is -0.299. The van der Waals surface area contributed by atoms with Crippen LogP contribution in [-0.4, -0.2) is 47.9 Å². The third-order valence-electron chi connectivity index (χ3n) is 4.64. The van der Waals surface area contributed by atoms with Crippen molar-refractivity contribution in [3.8, 4) is 0 Å². The highest BCUT2D eigenvalue weighted by atomic mass is 16.6. The topological polar surface area (TPSA) is 49.9 Å². The average Bonchev–Trinajstić information content (AvgIpc) is 2.68. The second-order valence-electron chi connectivity index (χ2n) is 6.49. The van der Waals surface area contributed by atoms with Gasteiger partial charge in [-0.05, 0) is 18.1 Å². The molecule has 1 heterocycles. The lowest BCUT2D eigenvalue weighted by Crippen LogP contribution is -2.50. The molecule has 3 rings (SSSR count). The summed E-state index contributed by atoms with van der Waals surface area (Å²) in [5, 5.41) is 0. The minimum absolute atomic E-state index is 0.122. The first-order chi connectivity index (χ1) is 12.6. The Balaban J connectivity index is 1.54. The van der Waals surface area contributed by atoms with Gasteiger partial charge in [0.2, 0.25) is 0 Å². The lowest BCUT2D eigenvalue weighted by Gasteiger charge is -2.38. The second kappa shape index (κ2) is 8.63. The smallest absolute Gasteiger partial charge is 0.410 e. The lowest BCUT2D eigenvalue weighted by atomic mass is 10.0. The summed E-state index contributed by atoms with van der Waals surface area (Å²) in [5.41, 5.74) is 1.97. The Morgan fingerprint density at radius 1 is 0.923 bits per heavy atom. The van der Waals surface area contributed by atoms with Gasteiger partial charge < -0.3 is 9.64 Å². The van der Waals surface area contributed by atoms with Gasteiger partial charge in [-0.2, -0.15) is 0 Å². The number of Topliss-reactive ketones (excluding diaryl/α,β-unsaturated/α-hetero) is 1. The van der Waals surface area contributed by atoms with Crippen LogP contribution in [0.3, 0.4) is 0 Å². The van der Waals surface area contributed by atoms with Gasteiger partial charge in [0.05, 0.1) is 6.04 Å². The molecule has 1 saturated heterocycles. The molecule has 0 N–H and O–H groups in total. The summed E-state index contributed by atoms with van der Waals surface area (Å²) in [6, 6.07) is 19.2. The highest BCUT2D eigenvalue weighted by Gasteiger charge is 2.30. The molecular weight excluding hydrogens is 328 g/mol. The summed E-state index contributed by atoms with van der Waals surface area (Å²) in [6.45, 7) is 4.33. The predicted molar refractivity (Wildman–Crippen MR) is 99.6 cm³/mol. The molecule has 0 aromatic heterocycles. The van der Waals surface area contributed by atoms with Crippen LogP contribution < -0.4 is 0 Å². The molecule has 1 aliphatic heterocycles. The van der Waals surface area contributed by atoms with E-state index < -0.39 is 0 Å². The number of nitrogens with zero attached hydrogens (tertiary/aromatic N) is 2. The molecule has 1 atom stereocenters. The normalized spacial score (nSPS) is 16.1. The third kappa shape index (κ3) is 4.49. The van der Waals surface area contributed by atoms with E-state index in [0.29, 0.717) is 26.2 Å². The first-order valence-electron chi connectivity index (χ1n) is 8.90. The van der Waals surface area contributed by atoms with Crippen LogP contribution in [0.25, 0.3) is 0 Å². The molecule has 0 spiro atoms. The van der Waals surface area contributed by atoms with Gasteiger partial charge in [0.1, 0.15) is 6.61 Å². The fourth-order valence-electron chi connectivity index (χ4n) is 3.31. The van der Waals surface area contributed by atoms with Crippen LogP contribution >= 0.6 is 0 Å². The standard InChI is InChI=1S/C21H24N2O3/c1-17(24)20(19-10-6-3-7-11-19)22-12-14-23(15-13-22)21(25)26-16-18-8-4-2-5-9-18/h2-11,20H,12-16H2,1H3/t20-/m0/s1. The Morgan fingerprint density at radius 2 is 1.50 bits per heavy atom. The van der Waals surface area contributed by atoms with Crippen molar-refractivity contribution >= 4 is 11.9 Å². The van der Waals surface area contributed by atoms with Crippen LogP contribution in [0, 0.1) is 0 Å². The molecule has 0 saturated carbocycles. The Hall–Kier alpha value is -2.66. The molecule has 0 unspecified atom stereocenters. The first kappa shape index (κ1) is 18.1. The maximum Gasteiger partial charge on any atom is 0.410 e. The van der Waals surface area contributed by atoms with E-state index in [9.17, 15) is 9.59 Å². The number of carbonyl (C=O) groups is 2. The third-order valence-corrected chi connectivity index (χ3v) is 4.64. The highest BCUT2D eigenvalue weighted by molar-refractivity contribution is 5.83. The summed E-state index contributed by atoms with van der Waals surface area (Å²) >= 11 is 0. The fourth-order valence-corrected chi connectivity index (χ4v) is 3.31. The number of rotatable bonds is 5. The molecule has 5 nitrogen and oxygen atoms in total. The zero-order valence-electron chi connectivity index (χ0n) is 15.0. The van der Waals surface area contributed by atoms with Crippen LogP contribution in [0.2, 0.25) is 0 Å². The van der Waals surface area contributed by atoms with Gasteiger partial charge in [-0.15, -0.1) is 0 Å². The number of hydrogen-bond acceptors (Lipinski definition) is 4. The minimum Gasteiger partial charge on any atom is -0.445 e. The molecule has 0 aliphatic carbocycles. The van der Waals surface area contributed by atoms with Gasteiger partial charge in [-0.3, -0.25) is 9.69 Å². The zero-order valence-corrected chi connectivity index (χ0v) is 15.0. The van der Waals surface area contributed by atoms with Gasteiger partial charge in [0.15, 0.2) is 5.78 Å². The van der Waals surface area contributed by atoms with Gasteiger partial charge in [0.25, 0.3) is 0 Å². The molecule has 26 heavy (non-hydrogen) atoms. The largest absolute Gasteiger partial charge is 0.445 e. The molecule has 0 radical (unpaired) electrons. The van der Waals surface area contributed by atoms with E-state index in [4.69, 9.17) is 4.74 Å². The zero-order chi connectivity index (χ0) is 18.4. The van der Waals surface area contributed by atoms with Crippen LogP contribution in [0.4, 0.5) is 4.79 Å². The van der Waals surface area contributed by atoms with Crippen molar-refractivity contribution in [2.24, 2.45) is 0 Å². The summed E-state index contributed by atoms with van der Waals surface area (Å²) in [7, 11) is 0. The fraction of sp³-hybridized carbons (Fsp3) is 0.333. The van der Waals surface area contributed by atoms with Gasteiger partial charge in [0, 0.05) is 26.2 Å². The predicted octanol–water partition coefficient (Wildman–Crippen LogP) is 3.27. The van der Waals surface area contributed by atoms with Crippen molar-refractivity contribution in [2.45, 2.75) is 19.6 Å². The summed E-state index contributed by atoms with van der Waals surface area (Å²) < 4.78 is 5.40. The second-order valence-corrected chi connectivity index (χ2v) is 6.49. The SMILES string of the molecule is CC(=O)[C@@H](c1ccccc1)N1CCN(C(=O)OCc2ccccc2)CC1. The van der Waals surface area contributed by atoms with Crippen molar-refractivity contribution in [1.82, 2.24) is 9.80 Å². The van der Waals surface area contributed by atoms with Crippen molar-refractivity contribution in [3.63, 3.8) is 0 Å². The van der Waals surface area contributed by atoms with Crippen LogP contribution in [0.15, 0.2) is 60.7 Å². The molecule has 136 valence electrons. The van der Waals surface area contributed by atoms with E-state index in [1.807, 2.05) is 60.7 Å². The number of amides is 1. The number of benzene rings is 2. The maximum absolute atomic E-state index is 12.3. The summed E-state index contributed by atoms with van der Waals surface area (Å²) in [5.74, 6) is 0.122. The summed E-state index contributed by atoms with van der Waals surface area (Å²) in [4.78, 5) is 28.3. The molecule has 1 fully saturated rings. The van der Waals surface area contributed by atoms with Crippen LogP contribution in [-0.2, 0) is 16.1 Å². The Labute approximate surface area is 154 Å². The van der Waals surface area contributed by atoms with Crippen LogP contribution in [0.5, 0.6) is 0 Å². The Morgan fingerprint density at radius 3 is 2.08 bits per heavy atom. The van der Waals surface area contributed by atoms with Gasteiger partial charge in [-0.25, -0.2) is 4.79 Å². The number of carbonyl (C=O) groups excluding carboxylic acids is 2. The van der Waals surface area contributed by atoms with Crippen molar-refractivity contribution < 1.29 is 14.3 Å². The van der Waals surface area contributed by atoms with Crippen molar-refractivity contribution in [1.29, 1.82) is 0 Å². The molecule has 2 aromatic carbocycles. The Kier molecular flexibility index (Phi) is 6.02. The van der Waals surface area contributed by atoms with Gasteiger partial charge >= 0.3 is 6.09 Å². The van der Waals surface area contributed by atoms with Crippen LogP contribution in [0.1, 0.15) is 24.1 Å². The molecule has 1 aliphatic rings. The first-order valence-corrected chi connectivity index (χ1v) is 8.90. The number of ketones is 1. The minimum atomic E-state index is -0.299. The molecule has 2 aromatic rings. The van der Waals surface area contributed by atoms with Crippen molar-refractivity contribution in [2.75, 3.05) is 26.2 Å². The number of hydrogen-bond donors (Lipinski definition) is 0. The van der Waals surface area contributed by atoms with E-state index in [1.165, 1.54) is 0 Å². The molecule has 1 amide bonds. The van der Waals surface area contributed by atoms with E-state index in [2.05, 4.69) is 4.90 Å². The van der Waals surface area contributed by atoms with Gasteiger partial charge in [-0.1, -0.05) is 60.7 Å². The maximum atomic E-state index is 12.3. The highest BCUT2D eigenvalue weighted by Crippen LogP contribution is 2.23. The Bertz CT molecular complexity index is 725. The van der Waals surface area contributed by atoms with E-state index in [0.717, 1.165) is 11.1 Å². The monoisotopic (exact) mass is 352 g/mol. The van der Waals surface area contributed by atoms with E-state index in [1.54, 1.807) is 11.8 Å². The molecule has 5 heteroatoms. The van der Waals surface area contributed by atoms with E-state index in [-0.39, 0.29) is 24.5 Å². The lowest BCUT2D eigenvalue weighted by molar-refractivity contribution is -0.123. The number of piperazine rings is 1.